The standard InChI is InChI=1S/C61H87BN4O8/c1-19-23-50(58(9,10)11)65(63-54(69)48-29-27-43(20-2)52(67)41(48)7)57(72)46-35-39(5)47(40(6)36-46)25-21-26-51(59(12,13)14)66(56(71)45-33-37(3)32-38(4)34-45)64-55(70)49-30-28-44(53(68)42(49)8)24-22-31-62-73-60(15,16)61(17,18)74-62/h27-30,32-36,50-51,67-68H,19-26,31H2,1-18H3,(H,63,69)(H,64,70)/t50-,51-/m1/s1. The van der Waals surface area contributed by atoms with Gasteiger partial charge in [0.15, 0.2) is 0 Å². The van der Waals surface area contributed by atoms with Gasteiger partial charge < -0.3 is 19.5 Å². The van der Waals surface area contributed by atoms with Crippen LogP contribution in [0.25, 0.3) is 0 Å². The number of hydrogen-bond acceptors (Lipinski definition) is 8. The number of aryl methyl sites for hydroxylation is 6. The van der Waals surface area contributed by atoms with Gasteiger partial charge in [-0.2, -0.15) is 0 Å². The highest BCUT2D eigenvalue weighted by Gasteiger charge is 2.50. The van der Waals surface area contributed by atoms with Crippen LogP contribution in [0.15, 0.2) is 54.6 Å². The van der Waals surface area contributed by atoms with Gasteiger partial charge in [-0.15, -0.1) is 0 Å². The van der Waals surface area contributed by atoms with Crippen molar-refractivity contribution in [3.05, 3.63) is 127 Å². The average Bonchev–Trinajstić information content (AvgIpc) is 3.51. The summed E-state index contributed by atoms with van der Waals surface area (Å²) in [7, 11) is -0.345. The third-order valence-corrected chi connectivity index (χ3v) is 15.5. The van der Waals surface area contributed by atoms with E-state index in [0.29, 0.717) is 79.1 Å². The minimum atomic E-state index is -0.499. The second kappa shape index (κ2) is 23.5. The van der Waals surface area contributed by atoms with Crippen LogP contribution in [0.2, 0.25) is 6.32 Å². The highest BCUT2D eigenvalue weighted by Crippen LogP contribution is 2.39. The van der Waals surface area contributed by atoms with Crippen LogP contribution in [0.4, 0.5) is 0 Å². The molecule has 4 amide bonds. The molecule has 2 atom stereocenters. The van der Waals surface area contributed by atoms with Crippen LogP contribution < -0.4 is 10.9 Å². The van der Waals surface area contributed by atoms with Crippen molar-refractivity contribution in [2.24, 2.45) is 10.8 Å². The van der Waals surface area contributed by atoms with Gasteiger partial charge in [0.2, 0.25) is 0 Å². The largest absolute Gasteiger partial charge is 0.507 e. The SMILES string of the molecule is CCC[C@@H](N(NC(=O)c1ccc(CC)c(O)c1C)C(=O)c1cc(C)c(CCC[C@@H](N(NC(=O)c2ccc(CCCB3OC(C)(C)C(C)(C)O3)c(O)c2C)C(=O)c2cc(C)cc(C)c2)C(C)(C)C)c(C)c1)C(C)(C)C. The third kappa shape index (κ3) is 13.6. The second-order valence-corrected chi connectivity index (χ2v) is 24.1. The second-order valence-electron chi connectivity index (χ2n) is 24.1. The Morgan fingerprint density at radius 3 is 1.49 bits per heavy atom. The predicted octanol–water partition coefficient (Wildman–Crippen LogP) is 12.8. The first-order valence-corrected chi connectivity index (χ1v) is 26.8. The van der Waals surface area contributed by atoms with Crippen molar-refractivity contribution in [2.75, 3.05) is 0 Å². The Bertz CT molecular complexity index is 2660. The van der Waals surface area contributed by atoms with E-state index in [2.05, 4.69) is 59.3 Å². The number of aromatic hydroxyl groups is 2. The maximum Gasteiger partial charge on any atom is 0.457 e. The molecule has 0 aromatic heterocycles. The molecule has 0 unspecified atom stereocenters. The molecule has 12 nitrogen and oxygen atoms in total. The first-order chi connectivity index (χ1) is 34.3. The summed E-state index contributed by atoms with van der Waals surface area (Å²) in [4.78, 5) is 58.1. The van der Waals surface area contributed by atoms with Crippen molar-refractivity contribution >= 4 is 30.7 Å². The lowest BCUT2D eigenvalue weighted by atomic mass is 9.81. The van der Waals surface area contributed by atoms with E-state index >= 15 is 0 Å². The van der Waals surface area contributed by atoms with Gasteiger partial charge in [-0.1, -0.05) is 97.6 Å². The quantitative estimate of drug-likeness (QED) is 0.0601. The topological polar surface area (TPSA) is 158 Å². The first kappa shape index (κ1) is 59.2. The van der Waals surface area contributed by atoms with Crippen LogP contribution in [0.1, 0.15) is 207 Å². The van der Waals surface area contributed by atoms with E-state index in [4.69, 9.17) is 9.31 Å². The molecule has 5 rings (SSSR count). The molecule has 0 bridgehead atoms. The number of rotatable bonds is 17. The lowest BCUT2D eigenvalue weighted by Crippen LogP contribution is -2.56. The fraction of sp³-hybridized carbons (Fsp3) is 0.541. The number of benzene rings is 4. The van der Waals surface area contributed by atoms with Gasteiger partial charge in [0.1, 0.15) is 11.5 Å². The van der Waals surface area contributed by atoms with Crippen molar-refractivity contribution in [3.63, 3.8) is 0 Å². The van der Waals surface area contributed by atoms with Crippen LogP contribution in [0.5, 0.6) is 11.5 Å². The molecule has 4 N–H and O–H groups in total. The van der Waals surface area contributed by atoms with E-state index in [1.807, 2.05) is 92.6 Å². The lowest BCUT2D eigenvalue weighted by Gasteiger charge is -2.40. The van der Waals surface area contributed by atoms with E-state index < -0.39 is 34.5 Å². The van der Waals surface area contributed by atoms with Gasteiger partial charge in [-0.3, -0.25) is 30.0 Å². The van der Waals surface area contributed by atoms with Crippen molar-refractivity contribution in [1.82, 2.24) is 20.9 Å². The molecule has 13 heteroatoms. The number of hydrogen-bond donors (Lipinski definition) is 4. The Kier molecular flexibility index (Phi) is 18.8. The third-order valence-electron chi connectivity index (χ3n) is 15.5. The Labute approximate surface area is 443 Å². The van der Waals surface area contributed by atoms with Crippen molar-refractivity contribution in [3.8, 4) is 11.5 Å². The summed E-state index contributed by atoms with van der Waals surface area (Å²) in [5.74, 6) is -1.49. The van der Waals surface area contributed by atoms with Crippen molar-refractivity contribution in [2.45, 2.75) is 206 Å². The minimum absolute atomic E-state index is 0.0471. The maximum atomic E-state index is 14.8. The molecule has 4 aromatic carbocycles. The molecule has 0 saturated carbocycles. The fourth-order valence-corrected chi connectivity index (χ4v) is 10.4. The number of nitrogens with one attached hydrogen (secondary N) is 2. The summed E-state index contributed by atoms with van der Waals surface area (Å²) in [5, 5.41) is 25.3. The summed E-state index contributed by atoms with van der Waals surface area (Å²) in [6, 6.07) is 15.6. The number of phenolic OH excluding ortho intramolecular Hbond substituents is 2. The molecule has 1 saturated heterocycles. The summed E-state index contributed by atoms with van der Waals surface area (Å²) in [6.07, 6.45) is 5.81. The van der Waals surface area contributed by atoms with Crippen LogP contribution in [-0.4, -0.2) is 74.3 Å². The molecule has 1 aliphatic heterocycles. The van der Waals surface area contributed by atoms with Gasteiger partial charge in [0, 0.05) is 33.4 Å². The Balaban J connectivity index is 1.40. The van der Waals surface area contributed by atoms with E-state index in [1.54, 1.807) is 38.1 Å². The maximum absolute atomic E-state index is 14.8. The van der Waals surface area contributed by atoms with Gasteiger partial charge >= 0.3 is 7.12 Å². The molecular weight excluding hydrogens is 928 g/mol. The summed E-state index contributed by atoms with van der Waals surface area (Å²) < 4.78 is 12.4. The van der Waals surface area contributed by atoms with Gasteiger partial charge in [-0.25, -0.2) is 10.0 Å². The van der Waals surface area contributed by atoms with Crippen molar-refractivity contribution in [1.29, 1.82) is 0 Å². The first-order valence-electron chi connectivity index (χ1n) is 26.8. The predicted molar refractivity (Wildman–Crippen MR) is 298 cm³/mol. The molecule has 74 heavy (non-hydrogen) atoms. The number of carbonyl (C=O) groups is 4. The van der Waals surface area contributed by atoms with E-state index in [-0.39, 0.29) is 47.5 Å². The summed E-state index contributed by atoms with van der Waals surface area (Å²) in [6.45, 7) is 35.8. The summed E-state index contributed by atoms with van der Waals surface area (Å²) >= 11 is 0. The molecule has 1 aliphatic rings. The molecule has 0 radical (unpaired) electrons. The minimum Gasteiger partial charge on any atom is -0.507 e. The zero-order valence-electron chi connectivity index (χ0n) is 48.0. The van der Waals surface area contributed by atoms with Crippen LogP contribution in [-0.2, 0) is 28.6 Å². The summed E-state index contributed by atoms with van der Waals surface area (Å²) in [5.41, 5.74) is 12.9. The van der Waals surface area contributed by atoms with Crippen LogP contribution in [0.3, 0.4) is 0 Å². The van der Waals surface area contributed by atoms with E-state index in [9.17, 15) is 29.4 Å². The molecule has 0 spiro atoms. The number of carbonyl (C=O) groups excluding carboxylic acids is 4. The molecule has 1 fully saturated rings. The number of amides is 4. The zero-order chi connectivity index (χ0) is 55.4. The molecule has 4 aromatic rings. The molecule has 0 aliphatic carbocycles. The van der Waals surface area contributed by atoms with Crippen LogP contribution in [0, 0.1) is 52.4 Å². The van der Waals surface area contributed by atoms with Gasteiger partial charge in [-0.05, 0) is 189 Å². The number of phenols is 2. The Hall–Kier alpha value is -5.66. The van der Waals surface area contributed by atoms with E-state index in [0.717, 1.165) is 45.4 Å². The highest BCUT2D eigenvalue weighted by atomic mass is 16.7. The average molecular weight is 1020 g/mol. The van der Waals surface area contributed by atoms with Gasteiger partial charge in [0.05, 0.1) is 23.3 Å². The normalized spacial score (nSPS) is 15.1. The number of hydrazine groups is 2. The van der Waals surface area contributed by atoms with Gasteiger partial charge in [0.25, 0.3) is 23.6 Å². The number of nitrogens with zero attached hydrogens (tertiary/aromatic N) is 2. The Morgan fingerprint density at radius 1 is 0.608 bits per heavy atom. The smallest absolute Gasteiger partial charge is 0.457 e. The lowest BCUT2D eigenvalue weighted by molar-refractivity contribution is 0.00578. The fourth-order valence-electron chi connectivity index (χ4n) is 10.4. The van der Waals surface area contributed by atoms with Crippen molar-refractivity contribution < 1.29 is 38.7 Å². The molecular formula is C61H87BN4O8. The highest BCUT2D eigenvalue weighted by molar-refractivity contribution is 6.45. The monoisotopic (exact) mass is 1010 g/mol. The zero-order valence-corrected chi connectivity index (χ0v) is 48.0. The molecule has 1 heterocycles. The molecule has 402 valence electrons. The Morgan fingerprint density at radius 2 is 1.04 bits per heavy atom. The van der Waals surface area contributed by atoms with Crippen LogP contribution >= 0.6 is 0 Å². The van der Waals surface area contributed by atoms with E-state index in [1.165, 1.54) is 10.0 Å².